The Morgan fingerprint density at radius 1 is 1.15 bits per heavy atom. The maximum atomic E-state index is 9.54. The summed E-state index contributed by atoms with van der Waals surface area (Å²) in [6.07, 6.45) is 1.72. The summed E-state index contributed by atoms with van der Waals surface area (Å²) < 4.78 is 1.03. The second-order valence-corrected chi connectivity index (χ2v) is 7.90. The number of aromatic nitrogens is 1. The van der Waals surface area contributed by atoms with Gasteiger partial charge in [0.05, 0.1) is 5.69 Å². The molecule has 130 valence electrons. The van der Waals surface area contributed by atoms with E-state index < -0.39 is 0 Å². The summed E-state index contributed by atoms with van der Waals surface area (Å²) in [6, 6.07) is 14.5. The van der Waals surface area contributed by atoms with Gasteiger partial charge in [0.25, 0.3) is 0 Å². The predicted molar refractivity (Wildman–Crippen MR) is 113 cm³/mol. The van der Waals surface area contributed by atoms with Gasteiger partial charge in [0.2, 0.25) is 0 Å². The second-order valence-electron chi connectivity index (χ2n) is 6.13. The number of aryl methyl sites for hydroxylation is 3. The van der Waals surface area contributed by atoms with Crippen LogP contribution >= 0.6 is 27.3 Å². The van der Waals surface area contributed by atoms with E-state index in [1.54, 1.807) is 6.20 Å². The Bertz CT molecular complexity index is 1030. The zero-order valence-corrected chi connectivity index (χ0v) is 17.2. The van der Waals surface area contributed by atoms with Crippen molar-refractivity contribution in [2.45, 2.75) is 20.8 Å². The molecule has 26 heavy (non-hydrogen) atoms. The minimum absolute atomic E-state index is 0.522. The Hall–Kier alpha value is -2.42. The number of rotatable bonds is 4. The number of nitrogens with zero attached hydrogens (tertiary/aromatic N) is 2. The molecule has 0 spiro atoms. The maximum absolute atomic E-state index is 9.54. The number of anilines is 1. The molecular formula is C21H18BrN3S. The van der Waals surface area contributed by atoms with Crippen molar-refractivity contribution in [3.63, 3.8) is 0 Å². The van der Waals surface area contributed by atoms with Crippen LogP contribution in [0, 0.1) is 32.1 Å². The van der Waals surface area contributed by atoms with E-state index in [0.717, 1.165) is 27.0 Å². The van der Waals surface area contributed by atoms with Gasteiger partial charge in [-0.3, -0.25) is 0 Å². The van der Waals surface area contributed by atoms with Crippen LogP contribution in [0.3, 0.4) is 0 Å². The smallest absolute Gasteiger partial charge is 0.136 e. The largest absolute Gasteiger partial charge is 0.360 e. The van der Waals surface area contributed by atoms with Crippen LogP contribution in [0.25, 0.3) is 16.8 Å². The van der Waals surface area contributed by atoms with Gasteiger partial charge in [-0.25, -0.2) is 4.98 Å². The monoisotopic (exact) mass is 423 g/mol. The molecule has 0 aliphatic rings. The Morgan fingerprint density at radius 3 is 2.65 bits per heavy atom. The lowest BCUT2D eigenvalue weighted by Crippen LogP contribution is -1.93. The van der Waals surface area contributed by atoms with Crippen molar-refractivity contribution in [2.24, 2.45) is 0 Å². The average molecular weight is 424 g/mol. The standard InChI is InChI=1S/C21H18BrN3S/c1-13-4-6-18(14(2)8-13)20-12-26-21(25-20)16(10-23)11-24-19-7-5-17(22)9-15(19)3/h4-9,11-12,24H,1-3H3. The minimum Gasteiger partial charge on any atom is -0.360 e. The van der Waals surface area contributed by atoms with Crippen molar-refractivity contribution >= 4 is 38.5 Å². The maximum Gasteiger partial charge on any atom is 0.136 e. The van der Waals surface area contributed by atoms with E-state index in [9.17, 15) is 5.26 Å². The zero-order valence-electron chi connectivity index (χ0n) is 14.8. The number of benzene rings is 2. The van der Waals surface area contributed by atoms with Gasteiger partial charge in [-0.1, -0.05) is 39.7 Å². The number of hydrogen-bond donors (Lipinski definition) is 1. The highest BCUT2D eigenvalue weighted by atomic mass is 79.9. The number of nitrogens with one attached hydrogen (secondary N) is 1. The van der Waals surface area contributed by atoms with Crippen molar-refractivity contribution in [2.75, 3.05) is 5.32 Å². The number of halogens is 1. The summed E-state index contributed by atoms with van der Waals surface area (Å²) >= 11 is 4.94. The van der Waals surface area contributed by atoms with E-state index in [4.69, 9.17) is 0 Å². The van der Waals surface area contributed by atoms with Gasteiger partial charge in [0.1, 0.15) is 16.6 Å². The van der Waals surface area contributed by atoms with Gasteiger partial charge in [-0.05, 0) is 50.1 Å². The van der Waals surface area contributed by atoms with Crippen molar-refractivity contribution in [1.82, 2.24) is 4.98 Å². The average Bonchev–Trinajstić information content (AvgIpc) is 3.06. The molecule has 2 aromatic carbocycles. The fourth-order valence-electron chi connectivity index (χ4n) is 2.70. The van der Waals surface area contributed by atoms with E-state index in [1.165, 1.54) is 22.5 Å². The fourth-order valence-corrected chi connectivity index (χ4v) is 3.96. The lowest BCUT2D eigenvalue weighted by atomic mass is 10.0. The van der Waals surface area contributed by atoms with Crippen LogP contribution in [0.15, 0.2) is 52.5 Å². The molecule has 5 heteroatoms. The van der Waals surface area contributed by atoms with E-state index in [-0.39, 0.29) is 0 Å². The molecule has 0 atom stereocenters. The van der Waals surface area contributed by atoms with Crippen LogP contribution < -0.4 is 5.32 Å². The third-order valence-corrected chi connectivity index (χ3v) is 5.44. The first kappa shape index (κ1) is 18.4. The van der Waals surface area contributed by atoms with Gasteiger partial charge >= 0.3 is 0 Å². The topological polar surface area (TPSA) is 48.7 Å². The third-order valence-electron chi connectivity index (χ3n) is 4.07. The summed E-state index contributed by atoms with van der Waals surface area (Å²) in [5.74, 6) is 0. The molecule has 1 N–H and O–H groups in total. The molecular weight excluding hydrogens is 406 g/mol. The summed E-state index contributed by atoms with van der Waals surface area (Å²) in [5.41, 5.74) is 7.01. The molecule has 0 unspecified atom stereocenters. The molecule has 1 aromatic heterocycles. The molecule has 3 nitrogen and oxygen atoms in total. The van der Waals surface area contributed by atoms with Crippen molar-refractivity contribution in [3.8, 4) is 17.3 Å². The Kier molecular flexibility index (Phi) is 5.55. The summed E-state index contributed by atoms with van der Waals surface area (Å²) in [4.78, 5) is 4.67. The third kappa shape index (κ3) is 4.04. The molecule has 0 aliphatic heterocycles. The molecule has 1 heterocycles. The molecule has 0 saturated carbocycles. The van der Waals surface area contributed by atoms with E-state index >= 15 is 0 Å². The lowest BCUT2D eigenvalue weighted by Gasteiger charge is -2.06. The number of thiazole rings is 1. The molecule has 0 bridgehead atoms. The van der Waals surface area contributed by atoms with Crippen molar-refractivity contribution in [3.05, 3.63) is 74.1 Å². The van der Waals surface area contributed by atoms with Crippen LogP contribution in [-0.2, 0) is 0 Å². The van der Waals surface area contributed by atoms with E-state index in [0.29, 0.717) is 10.6 Å². The van der Waals surface area contributed by atoms with Gasteiger partial charge in [-0.2, -0.15) is 5.26 Å². The molecule has 0 amide bonds. The second kappa shape index (κ2) is 7.86. The molecule has 0 saturated heterocycles. The molecule has 0 radical (unpaired) electrons. The van der Waals surface area contributed by atoms with Crippen LogP contribution in [0.5, 0.6) is 0 Å². The first-order chi connectivity index (χ1) is 12.5. The van der Waals surface area contributed by atoms with Gasteiger partial charge in [0.15, 0.2) is 0 Å². The van der Waals surface area contributed by atoms with E-state index in [2.05, 4.69) is 64.3 Å². The molecule has 3 rings (SSSR count). The molecule has 0 aliphatic carbocycles. The van der Waals surface area contributed by atoms with Crippen LogP contribution in [0.1, 0.15) is 21.7 Å². The number of allylic oxidation sites excluding steroid dienone is 1. The summed E-state index contributed by atoms with van der Waals surface area (Å²) in [5, 5.41) is 15.5. The highest BCUT2D eigenvalue weighted by Gasteiger charge is 2.11. The quantitative estimate of drug-likeness (QED) is 0.488. The fraction of sp³-hybridized carbons (Fsp3) is 0.143. The zero-order chi connectivity index (χ0) is 18.7. The number of nitriles is 1. The Balaban J connectivity index is 1.87. The molecule has 0 fully saturated rings. The lowest BCUT2D eigenvalue weighted by molar-refractivity contribution is 1.32. The first-order valence-electron chi connectivity index (χ1n) is 8.14. The van der Waals surface area contributed by atoms with E-state index in [1.807, 2.05) is 30.5 Å². The van der Waals surface area contributed by atoms with Crippen LogP contribution in [-0.4, -0.2) is 4.98 Å². The summed E-state index contributed by atoms with van der Waals surface area (Å²) in [6.45, 7) is 6.18. The highest BCUT2D eigenvalue weighted by molar-refractivity contribution is 9.10. The Morgan fingerprint density at radius 2 is 1.96 bits per heavy atom. The summed E-state index contributed by atoms with van der Waals surface area (Å²) in [7, 11) is 0. The highest BCUT2D eigenvalue weighted by Crippen LogP contribution is 2.29. The first-order valence-corrected chi connectivity index (χ1v) is 9.81. The van der Waals surface area contributed by atoms with Crippen molar-refractivity contribution < 1.29 is 0 Å². The van der Waals surface area contributed by atoms with Crippen LogP contribution in [0.2, 0.25) is 0 Å². The SMILES string of the molecule is Cc1ccc(-c2csc(C(C#N)=CNc3ccc(Br)cc3C)n2)c(C)c1. The van der Waals surface area contributed by atoms with Gasteiger partial charge in [-0.15, -0.1) is 11.3 Å². The van der Waals surface area contributed by atoms with Crippen LogP contribution in [0.4, 0.5) is 5.69 Å². The normalized spacial score (nSPS) is 11.3. The predicted octanol–water partition coefficient (Wildman–Crippen LogP) is 6.47. The van der Waals surface area contributed by atoms with Gasteiger partial charge in [0, 0.05) is 27.3 Å². The molecule has 3 aromatic rings. The number of hydrogen-bond acceptors (Lipinski definition) is 4. The Labute approximate surface area is 166 Å². The van der Waals surface area contributed by atoms with Crippen molar-refractivity contribution in [1.29, 1.82) is 5.26 Å². The van der Waals surface area contributed by atoms with Gasteiger partial charge < -0.3 is 5.32 Å². The minimum atomic E-state index is 0.522.